The number of hydrogen-bond donors (Lipinski definition) is 9. The van der Waals surface area contributed by atoms with Crippen LogP contribution in [-0.4, -0.2) is 140 Å². The fourth-order valence-corrected chi connectivity index (χ4v) is 9.73. The zero-order valence-corrected chi connectivity index (χ0v) is 37.6. The molecule has 0 aromatic heterocycles. The van der Waals surface area contributed by atoms with Crippen LogP contribution in [0.1, 0.15) is 58.8 Å². The first kappa shape index (κ1) is 56.1. The number of carbonyl (C=O) groups is 4. The van der Waals surface area contributed by atoms with Crippen molar-refractivity contribution in [3.05, 3.63) is 11.8 Å². The molecule has 1 aliphatic rings. The van der Waals surface area contributed by atoms with Gasteiger partial charge in [0.15, 0.2) is 0 Å². The highest BCUT2D eigenvalue weighted by Gasteiger charge is 2.41. The molecular formula is C30H58N5O20P3S2. The van der Waals surface area contributed by atoms with Crippen molar-refractivity contribution >= 4 is 69.6 Å². The first-order chi connectivity index (χ1) is 28.3. The highest BCUT2D eigenvalue weighted by atomic mass is 33.1. The van der Waals surface area contributed by atoms with Gasteiger partial charge in [-0.3, -0.25) is 19.4 Å². The number of rotatable bonds is 35. The van der Waals surface area contributed by atoms with Crippen molar-refractivity contribution in [1.29, 1.82) is 0 Å². The third-order valence-electron chi connectivity index (χ3n) is 7.18. The molecule has 1 heterocycles. The van der Waals surface area contributed by atoms with Crippen molar-refractivity contribution in [2.24, 2.45) is 5.73 Å². The fraction of sp³-hybridized carbons (Fsp3) is 0.800. The van der Waals surface area contributed by atoms with Crippen LogP contribution in [0.25, 0.3) is 0 Å². The average Bonchev–Trinajstić information content (AvgIpc) is 3.60. The minimum atomic E-state index is -5.66. The summed E-state index contributed by atoms with van der Waals surface area (Å²) in [7, 11) is -13.4. The lowest BCUT2D eigenvalue weighted by Gasteiger charge is -2.22. The minimum Gasteiger partial charge on any atom is -0.450 e. The van der Waals surface area contributed by atoms with E-state index < -0.39 is 60.5 Å². The molecule has 2 unspecified atom stereocenters. The van der Waals surface area contributed by atoms with Crippen molar-refractivity contribution in [3.63, 3.8) is 0 Å². The molecule has 350 valence electrons. The molecule has 0 spiro atoms. The number of phosphoric acid groups is 3. The van der Waals surface area contributed by atoms with Crippen LogP contribution in [0.5, 0.6) is 0 Å². The van der Waals surface area contributed by atoms with Gasteiger partial charge in [0.1, 0.15) is 12.2 Å². The lowest BCUT2D eigenvalue weighted by atomic mass is 10.1. The first-order valence-corrected chi connectivity index (χ1v) is 25.3. The van der Waals surface area contributed by atoms with Gasteiger partial charge in [-0.25, -0.2) is 23.3 Å². The van der Waals surface area contributed by atoms with E-state index in [1.807, 2.05) is 19.2 Å². The maximum absolute atomic E-state index is 12.4. The maximum atomic E-state index is 12.4. The number of carbonyl (C=O) groups excluding carboxylic acids is 4. The topological polar surface area (TPSA) is 358 Å². The summed E-state index contributed by atoms with van der Waals surface area (Å²) in [5.74, 6) is -0.267. The maximum Gasteiger partial charge on any atom is 0.490 e. The van der Waals surface area contributed by atoms with Gasteiger partial charge in [0.2, 0.25) is 6.41 Å². The van der Waals surface area contributed by atoms with Crippen molar-refractivity contribution in [3.8, 4) is 0 Å². The van der Waals surface area contributed by atoms with Gasteiger partial charge in [-0.15, -0.1) is 0 Å². The van der Waals surface area contributed by atoms with E-state index in [4.69, 9.17) is 43.9 Å². The molecule has 0 saturated carbocycles. The second kappa shape index (κ2) is 31.1. The van der Waals surface area contributed by atoms with Crippen LogP contribution < -0.4 is 27.0 Å². The van der Waals surface area contributed by atoms with Crippen molar-refractivity contribution < 1.29 is 94.0 Å². The second-order valence-corrected chi connectivity index (χ2v) is 20.2. The van der Waals surface area contributed by atoms with Gasteiger partial charge in [-0.05, 0) is 58.8 Å². The average molecular weight is 966 g/mol. The normalized spacial score (nSPS) is 17.9. The Kier molecular flexibility index (Phi) is 29.1. The fourth-order valence-electron chi connectivity index (χ4n) is 4.40. The van der Waals surface area contributed by atoms with Crippen molar-refractivity contribution in [1.82, 2.24) is 21.3 Å². The van der Waals surface area contributed by atoms with E-state index in [-0.39, 0.29) is 55.8 Å². The number of alkyl carbamates (subject to hydrolysis) is 2. The van der Waals surface area contributed by atoms with Crippen LogP contribution in [0.4, 0.5) is 9.59 Å². The molecule has 1 saturated heterocycles. The summed E-state index contributed by atoms with van der Waals surface area (Å²) in [5.41, 5.74) is 5.46. The molecule has 0 radical (unpaired) electrons. The van der Waals surface area contributed by atoms with E-state index >= 15 is 0 Å². The summed E-state index contributed by atoms with van der Waals surface area (Å²) in [6, 6.07) is 0. The predicted molar refractivity (Wildman–Crippen MR) is 216 cm³/mol. The Balaban J connectivity index is 2.20. The van der Waals surface area contributed by atoms with Crippen LogP contribution in [0.2, 0.25) is 0 Å². The van der Waals surface area contributed by atoms with Crippen LogP contribution in [-0.2, 0) is 64.9 Å². The lowest BCUT2D eigenvalue weighted by molar-refractivity contribution is -0.122. The van der Waals surface area contributed by atoms with Crippen LogP contribution in [0.3, 0.4) is 0 Å². The van der Waals surface area contributed by atoms with E-state index in [0.29, 0.717) is 77.7 Å². The molecule has 0 aliphatic carbocycles. The van der Waals surface area contributed by atoms with E-state index in [2.05, 4.69) is 29.1 Å². The van der Waals surface area contributed by atoms with Gasteiger partial charge in [-0.1, -0.05) is 21.6 Å². The molecule has 4 atom stereocenters. The largest absolute Gasteiger partial charge is 0.490 e. The highest BCUT2D eigenvalue weighted by molar-refractivity contribution is 8.77. The smallest absolute Gasteiger partial charge is 0.450 e. The first-order valence-electron chi connectivity index (χ1n) is 18.4. The molecule has 1 aliphatic heterocycles. The molecule has 1 fully saturated rings. The van der Waals surface area contributed by atoms with Gasteiger partial charge in [0, 0.05) is 42.8 Å². The summed E-state index contributed by atoms with van der Waals surface area (Å²) in [6.45, 7) is 6.95. The van der Waals surface area contributed by atoms with Gasteiger partial charge in [0.25, 0.3) is 5.91 Å². The number of phosphoric ester groups is 1. The van der Waals surface area contributed by atoms with Crippen LogP contribution in [0, 0.1) is 0 Å². The molecule has 30 heteroatoms. The summed E-state index contributed by atoms with van der Waals surface area (Å²) in [4.78, 5) is 83.2. The van der Waals surface area contributed by atoms with E-state index in [0.717, 1.165) is 0 Å². The summed E-state index contributed by atoms with van der Waals surface area (Å²) >= 11 is 0. The molecule has 10 N–H and O–H groups in total. The molecule has 0 aromatic rings. The van der Waals surface area contributed by atoms with Gasteiger partial charge < -0.3 is 69.7 Å². The molecule has 0 aromatic carbocycles. The quantitative estimate of drug-likeness (QED) is 0.0110. The lowest BCUT2D eigenvalue weighted by Crippen LogP contribution is -2.30. The molecule has 1 rings (SSSR count). The van der Waals surface area contributed by atoms with Crippen molar-refractivity contribution in [2.75, 3.05) is 78.4 Å². The molecule has 0 bridgehead atoms. The van der Waals surface area contributed by atoms with E-state index in [9.17, 15) is 42.7 Å². The Labute approximate surface area is 355 Å². The molecule has 25 nitrogen and oxygen atoms in total. The summed E-state index contributed by atoms with van der Waals surface area (Å²) in [5, 5.41) is 10.1. The van der Waals surface area contributed by atoms with Gasteiger partial charge in [-0.2, -0.15) is 8.62 Å². The SMILES string of the molecule is CC(C)(CCOC(=O)NCCOCCOCCN)SSCOCCCCOC(=O)NCCC/C(=C/N[C@H]1CC[C@@H](COP(=O)(O)OP(=O)(O)OP(=O)(O)O)O1)C(=O)NC=O. The second-order valence-electron chi connectivity index (χ2n) is 12.8. The van der Waals surface area contributed by atoms with E-state index in [1.165, 1.54) is 17.0 Å². The summed E-state index contributed by atoms with van der Waals surface area (Å²) < 4.78 is 78.0. The summed E-state index contributed by atoms with van der Waals surface area (Å²) in [6.07, 6.45) is 1.61. The highest BCUT2D eigenvalue weighted by Crippen LogP contribution is 2.66. The number of nitrogens with one attached hydrogen (secondary N) is 4. The monoisotopic (exact) mass is 965 g/mol. The Morgan fingerprint density at radius 1 is 0.833 bits per heavy atom. The number of ether oxygens (including phenoxy) is 6. The molecular weight excluding hydrogens is 907 g/mol. The molecule has 60 heavy (non-hydrogen) atoms. The number of unbranched alkanes of at least 4 members (excludes halogenated alkanes) is 1. The third kappa shape index (κ3) is 31.0. The number of imide groups is 1. The molecule has 4 amide bonds. The standard InChI is InChI=1S/C30H58N5O20P3S2/c1-30(2,9-15-51-29(39)33-12-17-48-19-18-47-16-10-31)60-59-23-49-13-3-4-14-50-28(38)32-11-5-6-24(27(37)35-22-36)20-34-26-8-7-25(53-26)21-52-57(43,44)55-58(45,46)54-56(40,41)42/h20,22,25-26,34H,3-19,21,23,31H2,1-2H3,(H,32,38)(H,33,39)(H,43,44)(H,45,46)(H,35,36,37)(H2,40,41,42)/b24-20-/t25-,26+/m0/s1. The number of nitrogens with two attached hydrogens (primary N) is 1. The Hall–Kier alpha value is -1.87. The minimum absolute atomic E-state index is 0.120. The number of hydrogen-bond acceptors (Lipinski definition) is 20. The number of amides is 4. The zero-order valence-electron chi connectivity index (χ0n) is 33.3. The Morgan fingerprint density at radius 2 is 1.50 bits per heavy atom. The van der Waals surface area contributed by atoms with Gasteiger partial charge in [0.05, 0.1) is 52.4 Å². The zero-order chi connectivity index (χ0) is 44.9. The Morgan fingerprint density at radius 3 is 2.18 bits per heavy atom. The van der Waals surface area contributed by atoms with E-state index in [1.54, 1.807) is 10.8 Å². The van der Waals surface area contributed by atoms with Crippen molar-refractivity contribution in [2.45, 2.75) is 75.9 Å². The predicted octanol–water partition coefficient (Wildman–Crippen LogP) is 2.11. The van der Waals surface area contributed by atoms with Gasteiger partial charge >= 0.3 is 35.7 Å². The third-order valence-corrected chi connectivity index (χ3v) is 14.0. The Bertz CT molecular complexity index is 1460. The van der Waals surface area contributed by atoms with Crippen LogP contribution in [0.15, 0.2) is 11.8 Å². The van der Waals surface area contributed by atoms with Crippen LogP contribution >= 0.6 is 45.1 Å².